The van der Waals surface area contributed by atoms with Gasteiger partial charge < -0.3 is 0 Å². The molecule has 0 N–H and O–H groups in total. The van der Waals surface area contributed by atoms with E-state index in [9.17, 15) is 9.18 Å². The Morgan fingerprint density at radius 3 is 2.88 bits per heavy atom. The van der Waals surface area contributed by atoms with Gasteiger partial charge in [0.2, 0.25) is 0 Å². The normalized spacial score (nSPS) is 23.9. The standard InChI is InChI=1S/C14H16ClFO/c1-9-3-2-4-12(9)14(17)8-10-7-11(16)5-6-13(10)15/h5-7,9,12H,2-4,8H2,1H3. The minimum atomic E-state index is -0.336. The number of hydrogen-bond donors (Lipinski definition) is 0. The molecule has 0 radical (unpaired) electrons. The van der Waals surface area contributed by atoms with Crippen molar-refractivity contribution in [2.24, 2.45) is 11.8 Å². The zero-order chi connectivity index (χ0) is 12.4. The number of carbonyl (C=O) groups is 1. The quantitative estimate of drug-likeness (QED) is 0.796. The lowest BCUT2D eigenvalue weighted by Crippen LogP contribution is -2.19. The van der Waals surface area contributed by atoms with E-state index in [1.54, 1.807) is 0 Å². The summed E-state index contributed by atoms with van der Waals surface area (Å²) >= 11 is 5.96. The number of carbonyl (C=O) groups excluding carboxylic acids is 1. The van der Waals surface area contributed by atoms with E-state index in [2.05, 4.69) is 6.92 Å². The molecule has 0 heterocycles. The van der Waals surface area contributed by atoms with Gasteiger partial charge in [-0.25, -0.2) is 4.39 Å². The molecule has 1 aromatic carbocycles. The van der Waals surface area contributed by atoms with Gasteiger partial charge in [-0.05, 0) is 42.5 Å². The molecule has 0 aliphatic heterocycles. The number of halogens is 2. The molecule has 0 spiro atoms. The highest BCUT2D eigenvalue weighted by molar-refractivity contribution is 6.31. The summed E-state index contributed by atoms with van der Waals surface area (Å²) in [7, 11) is 0. The summed E-state index contributed by atoms with van der Waals surface area (Å²) in [6.07, 6.45) is 3.46. The van der Waals surface area contributed by atoms with E-state index in [-0.39, 0.29) is 23.9 Å². The predicted molar refractivity (Wildman–Crippen MR) is 66.6 cm³/mol. The average molecular weight is 255 g/mol. The van der Waals surface area contributed by atoms with E-state index in [0.717, 1.165) is 19.3 Å². The molecule has 1 fully saturated rings. The molecule has 1 saturated carbocycles. The molecule has 92 valence electrons. The van der Waals surface area contributed by atoms with Crippen LogP contribution in [0.1, 0.15) is 31.7 Å². The smallest absolute Gasteiger partial charge is 0.140 e. The highest BCUT2D eigenvalue weighted by atomic mass is 35.5. The maximum absolute atomic E-state index is 13.1. The van der Waals surface area contributed by atoms with Crippen molar-refractivity contribution in [3.63, 3.8) is 0 Å². The summed E-state index contributed by atoms with van der Waals surface area (Å²) in [6.45, 7) is 2.11. The molecule has 0 bridgehead atoms. The molecule has 1 aliphatic rings. The molecule has 17 heavy (non-hydrogen) atoms. The van der Waals surface area contributed by atoms with E-state index < -0.39 is 0 Å². The molecule has 2 unspecified atom stereocenters. The number of hydrogen-bond acceptors (Lipinski definition) is 1. The van der Waals surface area contributed by atoms with Gasteiger partial charge in [-0.15, -0.1) is 0 Å². The first kappa shape index (κ1) is 12.6. The Kier molecular flexibility index (Phi) is 3.82. The minimum absolute atomic E-state index is 0.134. The van der Waals surface area contributed by atoms with Crippen LogP contribution in [0.3, 0.4) is 0 Å². The summed E-state index contributed by atoms with van der Waals surface area (Å²) in [6, 6.07) is 4.19. The van der Waals surface area contributed by atoms with Crippen LogP contribution in [-0.4, -0.2) is 5.78 Å². The third-order valence-corrected chi connectivity index (χ3v) is 4.02. The molecule has 3 heteroatoms. The Bertz CT molecular complexity index is 430. The van der Waals surface area contributed by atoms with Crippen LogP contribution in [0, 0.1) is 17.7 Å². The number of Topliss-reactive ketones (excluding diaryl/α,β-unsaturated/α-hetero) is 1. The SMILES string of the molecule is CC1CCCC1C(=O)Cc1cc(F)ccc1Cl. The third kappa shape index (κ3) is 2.86. The summed E-state index contributed by atoms with van der Waals surface area (Å²) in [5.41, 5.74) is 0.607. The van der Waals surface area contributed by atoms with Crippen LogP contribution >= 0.6 is 11.6 Å². The van der Waals surface area contributed by atoms with Crippen molar-refractivity contribution >= 4 is 17.4 Å². The van der Waals surface area contributed by atoms with E-state index in [1.165, 1.54) is 18.2 Å². The lowest BCUT2D eigenvalue weighted by atomic mass is 9.90. The molecular weight excluding hydrogens is 239 g/mol. The van der Waals surface area contributed by atoms with E-state index in [0.29, 0.717) is 16.5 Å². The van der Waals surface area contributed by atoms with Crippen LogP contribution in [0.2, 0.25) is 5.02 Å². The van der Waals surface area contributed by atoms with Crippen molar-refractivity contribution in [3.8, 4) is 0 Å². The first-order valence-electron chi connectivity index (χ1n) is 6.04. The Morgan fingerprint density at radius 1 is 1.47 bits per heavy atom. The minimum Gasteiger partial charge on any atom is -0.299 e. The summed E-state index contributed by atoms with van der Waals surface area (Å²) < 4.78 is 13.1. The van der Waals surface area contributed by atoms with Crippen molar-refractivity contribution in [2.75, 3.05) is 0 Å². The Hall–Kier alpha value is -0.890. The lowest BCUT2D eigenvalue weighted by Gasteiger charge is -2.14. The molecule has 2 atom stereocenters. The zero-order valence-electron chi connectivity index (χ0n) is 9.88. The van der Waals surface area contributed by atoms with Crippen LogP contribution in [0.15, 0.2) is 18.2 Å². The van der Waals surface area contributed by atoms with Gasteiger partial charge in [-0.2, -0.15) is 0 Å². The van der Waals surface area contributed by atoms with Crippen LogP contribution in [0.5, 0.6) is 0 Å². The molecule has 0 aromatic heterocycles. The molecule has 0 amide bonds. The number of rotatable bonds is 3. The maximum Gasteiger partial charge on any atom is 0.140 e. The summed E-state index contributed by atoms with van der Waals surface area (Å²) in [5.74, 6) is 0.448. The van der Waals surface area contributed by atoms with Gasteiger partial charge in [-0.1, -0.05) is 24.9 Å². The lowest BCUT2D eigenvalue weighted by molar-refractivity contribution is -0.123. The van der Waals surface area contributed by atoms with E-state index >= 15 is 0 Å². The van der Waals surface area contributed by atoms with Gasteiger partial charge in [-0.3, -0.25) is 4.79 Å². The summed E-state index contributed by atoms with van der Waals surface area (Å²) in [5, 5.41) is 0.477. The van der Waals surface area contributed by atoms with Gasteiger partial charge in [0, 0.05) is 17.4 Å². The fourth-order valence-corrected chi connectivity index (χ4v) is 2.81. The molecule has 1 aromatic rings. The number of benzene rings is 1. The third-order valence-electron chi connectivity index (χ3n) is 3.65. The van der Waals surface area contributed by atoms with Crippen LogP contribution in [0.25, 0.3) is 0 Å². The topological polar surface area (TPSA) is 17.1 Å². The molecule has 2 rings (SSSR count). The maximum atomic E-state index is 13.1. The molecular formula is C14H16ClFO. The van der Waals surface area contributed by atoms with Crippen LogP contribution < -0.4 is 0 Å². The van der Waals surface area contributed by atoms with Gasteiger partial charge in [0.25, 0.3) is 0 Å². The van der Waals surface area contributed by atoms with Crippen molar-refractivity contribution < 1.29 is 9.18 Å². The van der Waals surface area contributed by atoms with Gasteiger partial charge in [0.15, 0.2) is 0 Å². The molecule has 1 aliphatic carbocycles. The summed E-state index contributed by atoms with van der Waals surface area (Å²) in [4.78, 5) is 12.1. The predicted octanol–water partition coefficient (Wildman–Crippen LogP) is 4.03. The highest BCUT2D eigenvalue weighted by Gasteiger charge is 2.29. The number of ketones is 1. The Balaban J connectivity index is 2.10. The van der Waals surface area contributed by atoms with Gasteiger partial charge in [0.1, 0.15) is 11.6 Å². The first-order chi connectivity index (χ1) is 8.08. The van der Waals surface area contributed by atoms with Crippen LogP contribution in [0.4, 0.5) is 4.39 Å². The second-order valence-electron chi connectivity index (χ2n) is 4.89. The fourth-order valence-electron chi connectivity index (χ4n) is 2.62. The fraction of sp³-hybridized carbons (Fsp3) is 0.500. The Labute approximate surface area is 106 Å². The Morgan fingerprint density at radius 2 is 2.24 bits per heavy atom. The second kappa shape index (κ2) is 5.18. The monoisotopic (exact) mass is 254 g/mol. The molecule has 1 nitrogen and oxygen atoms in total. The van der Waals surface area contributed by atoms with Gasteiger partial charge >= 0.3 is 0 Å². The first-order valence-corrected chi connectivity index (χ1v) is 6.42. The van der Waals surface area contributed by atoms with E-state index in [1.807, 2.05) is 0 Å². The van der Waals surface area contributed by atoms with Crippen molar-refractivity contribution in [3.05, 3.63) is 34.6 Å². The molecule has 0 saturated heterocycles. The second-order valence-corrected chi connectivity index (χ2v) is 5.30. The zero-order valence-corrected chi connectivity index (χ0v) is 10.6. The van der Waals surface area contributed by atoms with Crippen molar-refractivity contribution in [1.82, 2.24) is 0 Å². The van der Waals surface area contributed by atoms with Crippen molar-refractivity contribution in [2.45, 2.75) is 32.6 Å². The van der Waals surface area contributed by atoms with Crippen molar-refractivity contribution in [1.29, 1.82) is 0 Å². The van der Waals surface area contributed by atoms with E-state index in [4.69, 9.17) is 11.6 Å². The van der Waals surface area contributed by atoms with Gasteiger partial charge in [0.05, 0.1) is 0 Å². The average Bonchev–Trinajstić information content (AvgIpc) is 2.70. The largest absolute Gasteiger partial charge is 0.299 e. The van der Waals surface area contributed by atoms with Crippen LogP contribution in [-0.2, 0) is 11.2 Å². The highest BCUT2D eigenvalue weighted by Crippen LogP contribution is 2.33.